The van der Waals surface area contributed by atoms with Crippen LogP contribution < -0.4 is 5.56 Å². The minimum atomic E-state index is -0.497. The lowest BCUT2D eigenvalue weighted by atomic mass is 10.1. The Morgan fingerprint density at radius 2 is 1.95 bits per heavy atom. The van der Waals surface area contributed by atoms with E-state index >= 15 is 0 Å². The lowest BCUT2D eigenvalue weighted by Crippen LogP contribution is -2.38. The van der Waals surface area contributed by atoms with Crippen molar-refractivity contribution in [2.24, 2.45) is 7.05 Å². The molecule has 0 aliphatic carbocycles. The van der Waals surface area contributed by atoms with E-state index in [2.05, 4.69) is 5.10 Å². The summed E-state index contributed by atoms with van der Waals surface area (Å²) in [6, 6.07) is 1.61. The maximum atomic E-state index is 12.1. The second-order valence-corrected chi connectivity index (χ2v) is 6.05. The van der Waals surface area contributed by atoms with Crippen molar-refractivity contribution < 1.29 is 9.53 Å². The average molecular weight is 279 g/mol. The van der Waals surface area contributed by atoms with E-state index < -0.39 is 5.60 Å². The van der Waals surface area contributed by atoms with Crippen molar-refractivity contribution in [2.75, 3.05) is 13.1 Å². The van der Waals surface area contributed by atoms with Crippen molar-refractivity contribution in [3.63, 3.8) is 0 Å². The Hall–Kier alpha value is -1.85. The van der Waals surface area contributed by atoms with Gasteiger partial charge in [-0.3, -0.25) is 4.79 Å². The van der Waals surface area contributed by atoms with E-state index in [1.807, 2.05) is 20.8 Å². The van der Waals surface area contributed by atoms with E-state index in [9.17, 15) is 9.59 Å². The molecule has 0 aromatic carbocycles. The van der Waals surface area contributed by atoms with E-state index in [1.165, 1.54) is 4.68 Å². The molecule has 0 fully saturated rings. The third kappa shape index (κ3) is 3.37. The number of aryl methyl sites for hydroxylation is 1. The quantitative estimate of drug-likeness (QED) is 0.714. The molecule has 1 aromatic rings. The average Bonchev–Trinajstić information content (AvgIpc) is 2.50. The van der Waals surface area contributed by atoms with Crippen molar-refractivity contribution in [3.8, 4) is 0 Å². The fraction of sp³-hybridized carbons (Fsp3) is 0.643. The van der Waals surface area contributed by atoms with E-state index in [0.717, 1.165) is 11.3 Å². The zero-order valence-corrected chi connectivity index (χ0v) is 12.5. The fourth-order valence-electron chi connectivity index (χ4n) is 2.16. The Bertz CT molecular complexity index is 572. The molecule has 1 amide bonds. The summed E-state index contributed by atoms with van der Waals surface area (Å²) in [5.41, 5.74) is 1.20. The topological polar surface area (TPSA) is 64.4 Å². The molecule has 110 valence electrons. The van der Waals surface area contributed by atoms with Crippen LogP contribution in [0.25, 0.3) is 0 Å². The number of ether oxygens (including phenoxy) is 1. The highest BCUT2D eigenvalue weighted by Gasteiger charge is 2.24. The zero-order chi connectivity index (χ0) is 14.9. The van der Waals surface area contributed by atoms with Crippen LogP contribution in [0.4, 0.5) is 4.79 Å². The number of rotatable bonds is 0. The maximum absolute atomic E-state index is 12.1. The summed E-state index contributed by atoms with van der Waals surface area (Å²) in [5, 5.41) is 4.27. The highest BCUT2D eigenvalue weighted by molar-refractivity contribution is 5.68. The molecule has 1 aromatic heterocycles. The number of amides is 1. The zero-order valence-electron chi connectivity index (χ0n) is 12.5. The van der Waals surface area contributed by atoms with Crippen molar-refractivity contribution in [1.82, 2.24) is 14.7 Å². The highest BCUT2D eigenvalue weighted by atomic mass is 16.6. The van der Waals surface area contributed by atoms with E-state index in [4.69, 9.17) is 4.74 Å². The Balaban J connectivity index is 2.12. The second-order valence-electron chi connectivity index (χ2n) is 6.05. The van der Waals surface area contributed by atoms with Gasteiger partial charge in [0.2, 0.25) is 0 Å². The van der Waals surface area contributed by atoms with Crippen LogP contribution >= 0.6 is 0 Å². The predicted octanol–water partition coefficient (Wildman–Crippen LogP) is 1.12. The van der Waals surface area contributed by atoms with Gasteiger partial charge in [0.25, 0.3) is 5.56 Å². The molecule has 1 aliphatic rings. The molecule has 0 bridgehead atoms. The van der Waals surface area contributed by atoms with Gasteiger partial charge >= 0.3 is 6.09 Å². The Kier molecular flexibility index (Phi) is 3.83. The maximum Gasteiger partial charge on any atom is 0.410 e. The summed E-state index contributed by atoms with van der Waals surface area (Å²) in [7, 11) is 1.64. The Morgan fingerprint density at radius 1 is 1.30 bits per heavy atom. The molecule has 0 saturated heterocycles. The summed E-state index contributed by atoms with van der Waals surface area (Å²) in [6.07, 6.45) is 0.970. The van der Waals surface area contributed by atoms with Gasteiger partial charge in [-0.15, -0.1) is 0 Å². The molecule has 20 heavy (non-hydrogen) atoms. The number of fused-ring (bicyclic) bond motifs is 1. The van der Waals surface area contributed by atoms with Crippen LogP contribution in [-0.2, 0) is 24.6 Å². The van der Waals surface area contributed by atoms with Gasteiger partial charge in [0.05, 0.1) is 5.69 Å². The molecular formula is C14H21N3O3. The van der Waals surface area contributed by atoms with Crippen LogP contribution in [-0.4, -0.2) is 39.5 Å². The first-order valence-corrected chi connectivity index (χ1v) is 6.80. The van der Waals surface area contributed by atoms with Crippen molar-refractivity contribution >= 4 is 6.09 Å². The molecule has 1 aliphatic heterocycles. The van der Waals surface area contributed by atoms with Crippen LogP contribution in [0.2, 0.25) is 0 Å². The minimum absolute atomic E-state index is 0.116. The van der Waals surface area contributed by atoms with Gasteiger partial charge in [-0.25, -0.2) is 9.48 Å². The number of aromatic nitrogens is 2. The predicted molar refractivity (Wildman–Crippen MR) is 74.7 cm³/mol. The van der Waals surface area contributed by atoms with Crippen LogP contribution in [0.15, 0.2) is 10.9 Å². The number of hydrogen-bond donors (Lipinski definition) is 0. The molecular weight excluding hydrogens is 258 g/mol. The summed E-state index contributed by atoms with van der Waals surface area (Å²) in [6.45, 7) is 6.66. The lowest BCUT2D eigenvalue weighted by molar-refractivity contribution is 0.0258. The summed E-state index contributed by atoms with van der Waals surface area (Å²) < 4.78 is 6.71. The molecule has 6 heteroatoms. The Morgan fingerprint density at radius 3 is 2.60 bits per heavy atom. The highest BCUT2D eigenvalue weighted by Crippen LogP contribution is 2.15. The van der Waals surface area contributed by atoms with Gasteiger partial charge in [0.15, 0.2) is 0 Å². The summed E-state index contributed by atoms with van der Waals surface area (Å²) >= 11 is 0. The molecule has 0 unspecified atom stereocenters. The lowest BCUT2D eigenvalue weighted by Gasteiger charge is -2.26. The van der Waals surface area contributed by atoms with Crippen molar-refractivity contribution in [2.45, 2.75) is 39.2 Å². The molecule has 0 radical (unpaired) electrons. The largest absolute Gasteiger partial charge is 0.444 e. The Labute approximate surface area is 118 Å². The first-order chi connectivity index (χ1) is 9.26. The van der Waals surface area contributed by atoms with Crippen LogP contribution in [0.5, 0.6) is 0 Å². The monoisotopic (exact) mass is 279 g/mol. The first kappa shape index (κ1) is 14.6. The summed E-state index contributed by atoms with van der Waals surface area (Å²) in [4.78, 5) is 25.3. The van der Waals surface area contributed by atoms with E-state index in [-0.39, 0.29) is 11.7 Å². The molecule has 6 nitrogen and oxygen atoms in total. The third-order valence-corrected chi connectivity index (χ3v) is 3.18. The van der Waals surface area contributed by atoms with Gasteiger partial charge in [0.1, 0.15) is 5.60 Å². The molecule has 2 heterocycles. The standard InChI is InChI=1S/C14H21N3O3/c1-14(2,3)20-13(19)17-7-5-10-9-12(18)16(4)15-11(10)6-8-17/h9H,5-8H2,1-4H3. The van der Waals surface area contributed by atoms with Gasteiger partial charge < -0.3 is 9.64 Å². The number of carbonyl (C=O) groups is 1. The molecule has 0 spiro atoms. The van der Waals surface area contributed by atoms with Gasteiger partial charge in [0, 0.05) is 32.6 Å². The van der Waals surface area contributed by atoms with Gasteiger partial charge in [-0.2, -0.15) is 5.10 Å². The number of hydrogen-bond acceptors (Lipinski definition) is 4. The normalized spacial score (nSPS) is 15.5. The summed E-state index contributed by atoms with van der Waals surface area (Å²) in [5.74, 6) is 0. The van der Waals surface area contributed by atoms with Gasteiger partial charge in [-0.1, -0.05) is 0 Å². The van der Waals surface area contributed by atoms with Crippen LogP contribution in [0.3, 0.4) is 0 Å². The fourth-order valence-corrected chi connectivity index (χ4v) is 2.16. The minimum Gasteiger partial charge on any atom is -0.444 e. The van der Waals surface area contributed by atoms with Gasteiger partial charge in [-0.05, 0) is 32.8 Å². The molecule has 0 atom stereocenters. The van der Waals surface area contributed by atoms with E-state index in [0.29, 0.717) is 25.9 Å². The SMILES string of the molecule is Cn1nc2c(cc1=O)CCN(C(=O)OC(C)(C)C)CC2. The smallest absolute Gasteiger partial charge is 0.410 e. The first-order valence-electron chi connectivity index (χ1n) is 6.80. The molecule has 2 rings (SSSR count). The van der Waals surface area contributed by atoms with E-state index in [1.54, 1.807) is 18.0 Å². The number of nitrogens with zero attached hydrogens (tertiary/aromatic N) is 3. The van der Waals surface area contributed by atoms with Crippen molar-refractivity contribution in [3.05, 3.63) is 27.7 Å². The van der Waals surface area contributed by atoms with Crippen molar-refractivity contribution in [1.29, 1.82) is 0 Å². The molecule has 0 N–H and O–H groups in total. The molecule has 0 saturated carbocycles. The third-order valence-electron chi connectivity index (χ3n) is 3.18. The van der Waals surface area contributed by atoms with Crippen LogP contribution in [0.1, 0.15) is 32.0 Å². The van der Waals surface area contributed by atoms with Crippen LogP contribution in [0, 0.1) is 0 Å². The second kappa shape index (κ2) is 5.26. The number of carbonyl (C=O) groups excluding carboxylic acids is 1.